The first-order valence-electron chi connectivity index (χ1n) is 6.95. The number of nitrogens with zero attached hydrogens (tertiary/aromatic N) is 2. The Balaban J connectivity index is 2.15. The van der Waals surface area contributed by atoms with Crippen molar-refractivity contribution in [1.82, 2.24) is 9.47 Å². The molecule has 0 unspecified atom stereocenters. The van der Waals surface area contributed by atoms with Crippen LogP contribution < -0.4 is 11.3 Å². The van der Waals surface area contributed by atoms with Gasteiger partial charge in [-0.2, -0.15) is 0 Å². The summed E-state index contributed by atoms with van der Waals surface area (Å²) in [5.74, 6) is -0.115. The van der Waals surface area contributed by atoms with E-state index >= 15 is 0 Å². The molecule has 0 saturated heterocycles. The summed E-state index contributed by atoms with van der Waals surface area (Å²) in [7, 11) is 0. The van der Waals surface area contributed by atoms with Crippen LogP contribution in [0, 0.1) is 5.41 Å². The molecule has 3 N–H and O–H groups in total. The van der Waals surface area contributed by atoms with E-state index in [0.29, 0.717) is 11.6 Å². The van der Waals surface area contributed by atoms with Gasteiger partial charge in [-0.15, -0.1) is 0 Å². The fourth-order valence-corrected chi connectivity index (χ4v) is 2.91. The van der Waals surface area contributed by atoms with Gasteiger partial charge in [-0.25, -0.2) is 0 Å². The van der Waals surface area contributed by atoms with Crippen LogP contribution in [0.1, 0.15) is 42.6 Å². The van der Waals surface area contributed by atoms with Gasteiger partial charge < -0.3 is 10.3 Å². The predicted octanol–water partition coefficient (Wildman–Crippen LogP) is 0.845. The average Bonchev–Trinajstić information content (AvgIpc) is 3.21. The Labute approximate surface area is 112 Å². The normalized spacial score (nSPS) is 19.2. The van der Waals surface area contributed by atoms with Crippen LogP contribution in [0.25, 0.3) is 0 Å². The SMILES string of the molecule is CCN1CCc2c(cc(C(=N)N)c(=O)n2C2CC2)C1. The van der Waals surface area contributed by atoms with Crippen molar-refractivity contribution in [2.45, 2.75) is 38.8 Å². The van der Waals surface area contributed by atoms with Gasteiger partial charge in [-0.1, -0.05) is 6.92 Å². The first kappa shape index (κ1) is 12.4. The van der Waals surface area contributed by atoms with Crippen molar-refractivity contribution in [2.24, 2.45) is 5.73 Å². The minimum absolute atomic E-state index is 0.0706. The van der Waals surface area contributed by atoms with Gasteiger partial charge in [0.2, 0.25) is 0 Å². The highest BCUT2D eigenvalue weighted by Crippen LogP contribution is 2.36. The van der Waals surface area contributed by atoms with Crippen LogP contribution in [0.4, 0.5) is 0 Å². The molecule has 1 aromatic heterocycles. The molecule has 1 aliphatic heterocycles. The van der Waals surface area contributed by atoms with E-state index < -0.39 is 0 Å². The molecule has 5 heteroatoms. The molecule has 0 aromatic carbocycles. The second-order valence-corrected chi connectivity index (χ2v) is 5.47. The molecule has 0 bridgehead atoms. The van der Waals surface area contributed by atoms with E-state index in [9.17, 15) is 4.79 Å². The second kappa shape index (κ2) is 4.49. The topological polar surface area (TPSA) is 75.1 Å². The number of aromatic nitrogens is 1. The molecule has 2 aliphatic rings. The maximum Gasteiger partial charge on any atom is 0.262 e. The number of nitrogens with two attached hydrogens (primary N) is 1. The highest BCUT2D eigenvalue weighted by molar-refractivity contribution is 5.94. The number of hydrogen-bond acceptors (Lipinski definition) is 3. The molecule has 102 valence electrons. The lowest BCUT2D eigenvalue weighted by Crippen LogP contribution is -2.38. The number of likely N-dealkylation sites (N-methyl/N-ethyl adjacent to an activating group) is 1. The Morgan fingerprint density at radius 1 is 1.53 bits per heavy atom. The zero-order valence-corrected chi connectivity index (χ0v) is 11.3. The molecular weight excluding hydrogens is 240 g/mol. The summed E-state index contributed by atoms with van der Waals surface area (Å²) in [5, 5.41) is 7.60. The Bertz CT molecular complexity index is 586. The predicted molar refractivity (Wildman–Crippen MR) is 74.6 cm³/mol. The molecule has 3 rings (SSSR count). The first-order valence-corrected chi connectivity index (χ1v) is 6.95. The van der Waals surface area contributed by atoms with E-state index in [1.165, 1.54) is 11.3 Å². The van der Waals surface area contributed by atoms with Crippen molar-refractivity contribution in [2.75, 3.05) is 13.1 Å². The average molecular weight is 260 g/mol. The van der Waals surface area contributed by atoms with E-state index in [4.69, 9.17) is 11.1 Å². The summed E-state index contributed by atoms with van der Waals surface area (Å²) in [5.41, 5.74) is 8.19. The third-order valence-corrected chi connectivity index (χ3v) is 4.14. The molecule has 5 nitrogen and oxygen atoms in total. The van der Waals surface area contributed by atoms with Gasteiger partial charge >= 0.3 is 0 Å². The zero-order valence-electron chi connectivity index (χ0n) is 11.3. The summed E-state index contributed by atoms with van der Waals surface area (Å²) in [4.78, 5) is 14.8. The molecule has 0 amide bonds. The van der Waals surface area contributed by atoms with E-state index in [-0.39, 0.29) is 11.4 Å². The third kappa shape index (κ3) is 2.08. The van der Waals surface area contributed by atoms with Crippen LogP contribution in [0.2, 0.25) is 0 Å². The van der Waals surface area contributed by atoms with Gasteiger partial charge in [0.05, 0.1) is 5.56 Å². The highest BCUT2D eigenvalue weighted by atomic mass is 16.1. The maximum absolute atomic E-state index is 12.4. The van der Waals surface area contributed by atoms with Crippen molar-refractivity contribution >= 4 is 5.84 Å². The number of pyridine rings is 1. The zero-order chi connectivity index (χ0) is 13.6. The highest BCUT2D eigenvalue weighted by Gasteiger charge is 2.31. The largest absolute Gasteiger partial charge is 0.384 e. The molecule has 0 spiro atoms. The van der Waals surface area contributed by atoms with E-state index in [1.54, 1.807) is 0 Å². The fourth-order valence-electron chi connectivity index (χ4n) is 2.91. The quantitative estimate of drug-likeness (QED) is 0.625. The minimum atomic E-state index is -0.115. The molecule has 1 aliphatic carbocycles. The number of fused-ring (bicyclic) bond motifs is 1. The number of hydrogen-bond donors (Lipinski definition) is 2. The van der Waals surface area contributed by atoms with Gasteiger partial charge in [-0.05, 0) is 31.0 Å². The number of nitrogens with one attached hydrogen (secondary N) is 1. The van der Waals surface area contributed by atoms with Crippen LogP contribution in [0.15, 0.2) is 10.9 Å². The third-order valence-electron chi connectivity index (χ3n) is 4.14. The van der Waals surface area contributed by atoms with Crippen LogP contribution in [0.5, 0.6) is 0 Å². The van der Waals surface area contributed by atoms with Crippen LogP contribution >= 0.6 is 0 Å². The lowest BCUT2D eigenvalue weighted by Gasteiger charge is -2.30. The first-order chi connectivity index (χ1) is 9.11. The summed E-state index contributed by atoms with van der Waals surface area (Å²) in [6, 6.07) is 2.18. The minimum Gasteiger partial charge on any atom is -0.384 e. The smallest absolute Gasteiger partial charge is 0.262 e. The van der Waals surface area contributed by atoms with Crippen molar-refractivity contribution in [1.29, 1.82) is 5.41 Å². The standard InChI is InChI=1S/C14H20N4O/c1-2-17-6-5-12-9(8-17)7-11(13(15)16)14(19)18(12)10-3-4-10/h7,10H,2-6,8H2,1H3,(H3,15,16). The fraction of sp³-hybridized carbons (Fsp3) is 0.571. The van der Waals surface area contributed by atoms with Gasteiger partial charge in [0, 0.05) is 31.2 Å². The number of nitrogen functional groups attached to an aromatic ring is 1. The van der Waals surface area contributed by atoms with E-state index in [2.05, 4.69) is 11.8 Å². The van der Waals surface area contributed by atoms with Crippen molar-refractivity contribution in [3.05, 3.63) is 33.2 Å². The van der Waals surface area contributed by atoms with Gasteiger partial charge in [0.25, 0.3) is 5.56 Å². The number of amidine groups is 1. The lowest BCUT2D eigenvalue weighted by molar-refractivity contribution is 0.261. The van der Waals surface area contributed by atoms with Crippen LogP contribution in [-0.4, -0.2) is 28.4 Å². The molecule has 1 saturated carbocycles. The van der Waals surface area contributed by atoms with Gasteiger partial charge in [0.1, 0.15) is 5.84 Å². The molecule has 19 heavy (non-hydrogen) atoms. The summed E-state index contributed by atoms with van der Waals surface area (Å²) >= 11 is 0. The molecule has 1 fully saturated rings. The maximum atomic E-state index is 12.4. The van der Waals surface area contributed by atoms with Crippen molar-refractivity contribution < 1.29 is 0 Å². The van der Waals surface area contributed by atoms with Gasteiger partial charge in [0.15, 0.2) is 0 Å². The van der Waals surface area contributed by atoms with Crippen LogP contribution in [0.3, 0.4) is 0 Å². The molecule has 2 heterocycles. The monoisotopic (exact) mass is 260 g/mol. The molecular formula is C14H20N4O. The number of rotatable bonds is 3. The Hall–Kier alpha value is -1.62. The molecule has 1 aromatic rings. The summed E-state index contributed by atoms with van der Waals surface area (Å²) in [6.45, 7) is 5.03. The Morgan fingerprint density at radius 2 is 2.26 bits per heavy atom. The lowest BCUT2D eigenvalue weighted by atomic mass is 10.0. The molecule has 0 radical (unpaired) electrons. The Kier molecular flexibility index (Phi) is 2.93. The van der Waals surface area contributed by atoms with Crippen molar-refractivity contribution in [3.63, 3.8) is 0 Å². The van der Waals surface area contributed by atoms with E-state index in [0.717, 1.165) is 38.9 Å². The second-order valence-electron chi connectivity index (χ2n) is 5.47. The van der Waals surface area contributed by atoms with Crippen molar-refractivity contribution in [3.8, 4) is 0 Å². The van der Waals surface area contributed by atoms with Crippen LogP contribution in [-0.2, 0) is 13.0 Å². The summed E-state index contributed by atoms with van der Waals surface area (Å²) < 4.78 is 1.92. The van der Waals surface area contributed by atoms with Gasteiger partial charge in [-0.3, -0.25) is 15.1 Å². The summed E-state index contributed by atoms with van der Waals surface area (Å²) in [6.07, 6.45) is 3.07. The molecule has 0 atom stereocenters. The Morgan fingerprint density at radius 3 is 2.84 bits per heavy atom. The van der Waals surface area contributed by atoms with E-state index in [1.807, 2.05) is 10.6 Å².